The number of pyridine rings is 2. The first kappa shape index (κ1) is 20.5. The van der Waals surface area contributed by atoms with Crippen molar-refractivity contribution in [1.29, 1.82) is 0 Å². The molecule has 0 aliphatic rings. The zero-order chi connectivity index (χ0) is 22.0. The number of rotatable bonds is 5. The second-order valence-corrected chi connectivity index (χ2v) is 7.40. The first-order valence-corrected chi connectivity index (χ1v) is 10.0. The van der Waals surface area contributed by atoms with Crippen molar-refractivity contribution in [3.63, 3.8) is 0 Å². The minimum Gasteiger partial charge on any atom is -0.288 e. The van der Waals surface area contributed by atoms with E-state index in [2.05, 4.69) is 15.4 Å². The number of nitrogens with one attached hydrogen (secondary N) is 1. The molecule has 0 aliphatic heterocycles. The summed E-state index contributed by atoms with van der Waals surface area (Å²) in [6.07, 6.45) is 1.63. The molecule has 2 aromatic carbocycles. The number of hydrogen-bond donors (Lipinski definition) is 1. The summed E-state index contributed by atoms with van der Waals surface area (Å²) in [7, 11) is 0. The van der Waals surface area contributed by atoms with Crippen LogP contribution in [0.2, 0.25) is 5.02 Å². The first-order chi connectivity index (χ1) is 15.0. The number of halogens is 1. The third-order valence-electron chi connectivity index (χ3n) is 4.74. The SMILES string of the molecule is CC(=O)NN(c1ccc(Cl)cc1)c1c(C(=O)c2ccccc2)c(C)nc2cccnc12. The first-order valence-electron chi connectivity index (χ1n) is 9.63. The van der Waals surface area contributed by atoms with Gasteiger partial charge in [-0.25, -0.2) is 0 Å². The van der Waals surface area contributed by atoms with Crippen LogP contribution in [0.4, 0.5) is 11.4 Å². The second-order valence-electron chi connectivity index (χ2n) is 6.97. The number of amides is 1. The molecule has 0 radical (unpaired) electrons. The number of hydrogen-bond acceptors (Lipinski definition) is 5. The molecule has 2 aromatic heterocycles. The summed E-state index contributed by atoms with van der Waals surface area (Å²) in [4.78, 5) is 34.8. The fourth-order valence-corrected chi connectivity index (χ4v) is 3.54. The normalized spacial score (nSPS) is 10.7. The van der Waals surface area contributed by atoms with E-state index >= 15 is 0 Å². The van der Waals surface area contributed by atoms with Crippen molar-refractivity contribution in [3.05, 3.63) is 94.8 Å². The van der Waals surface area contributed by atoms with E-state index in [1.54, 1.807) is 72.7 Å². The highest BCUT2D eigenvalue weighted by atomic mass is 35.5. The van der Waals surface area contributed by atoms with E-state index < -0.39 is 0 Å². The quantitative estimate of drug-likeness (QED) is 0.355. The molecule has 6 nitrogen and oxygen atoms in total. The lowest BCUT2D eigenvalue weighted by Crippen LogP contribution is -2.38. The summed E-state index contributed by atoms with van der Waals surface area (Å²) < 4.78 is 0. The number of hydrazine groups is 1. The maximum absolute atomic E-state index is 13.6. The topological polar surface area (TPSA) is 75.2 Å². The molecule has 0 saturated carbocycles. The van der Waals surface area contributed by atoms with Crippen LogP contribution in [-0.2, 0) is 4.79 Å². The van der Waals surface area contributed by atoms with Crippen molar-refractivity contribution in [3.8, 4) is 0 Å². The smallest absolute Gasteiger partial charge is 0.235 e. The molecule has 2 heterocycles. The molecule has 0 bridgehead atoms. The predicted octanol–water partition coefficient (Wildman–Crippen LogP) is 5.01. The lowest BCUT2D eigenvalue weighted by Gasteiger charge is -2.28. The van der Waals surface area contributed by atoms with E-state index in [4.69, 9.17) is 11.6 Å². The van der Waals surface area contributed by atoms with E-state index in [0.717, 1.165) is 0 Å². The summed E-state index contributed by atoms with van der Waals surface area (Å²) >= 11 is 6.07. The predicted molar refractivity (Wildman–Crippen MR) is 122 cm³/mol. The maximum Gasteiger partial charge on any atom is 0.235 e. The number of aromatic nitrogens is 2. The Labute approximate surface area is 184 Å². The van der Waals surface area contributed by atoms with E-state index in [1.165, 1.54) is 6.92 Å². The Hall–Kier alpha value is -3.77. The molecule has 4 rings (SSSR count). The summed E-state index contributed by atoms with van der Waals surface area (Å²) in [6, 6.07) is 19.5. The van der Waals surface area contributed by atoms with Crippen LogP contribution in [0.1, 0.15) is 28.5 Å². The molecule has 0 atom stereocenters. The van der Waals surface area contributed by atoms with Crippen molar-refractivity contribution in [2.75, 3.05) is 5.01 Å². The molecule has 31 heavy (non-hydrogen) atoms. The van der Waals surface area contributed by atoms with Crippen molar-refractivity contribution < 1.29 is 9.59 Å². The lowest BCUT2D eigenvalue weighted by atomic mass is 9.98. The third-order valence-corrected chi connectivity index (χ3v) is 4.99. The van der Waals surface area contributed by atoms with E-state index in [0.29, 0.717) is 44.3 Å². The van der Waals surface area contributed by atoms with Gasteiger partial charge in [0.25, 0.3) is 0 Å². The third kappa shape index (κ3) is 4.11. The second kappa shape index (κ2) is 8.53. The van der Waals surface area contributed by atoms with Crippen molar-refractivity contribution >= 4 is 45.7 Å². The number of carbonyl (C=O) groups excluding carboxylic acids is 2. The van der Waals surface area contributed by atoms with Gasteiger partial charge in [0, 0.05) is 23.7 Å². The lowest BCUT2D eigenvalue weighted by molar-refractivity contribution is -0.118. The number of benzene rings is 2. The highest BCUT2D eigenvalue weighted by molar-refractivity contribution is 6.30. The van der Waals surface area contributed by atoms with Crippen LogP contribution >= 0.6 is 11.6 Å². The monoisotopic (exact) mass is 430 g/mol. The summed E-state index contributed by atoms with van der Waals surface area (Å²) in [5, 5.41) is 2.12. The molecular formula is C24H19ClN4O2. The van der Waals surface area contributed by atoms with Gasteiger partial charge >= 0.3 is 0 Å². The van der Waals surface area contributed by atoms with Gasteiger partial charge in [-0.15, -0.1) is 0 Å². The number of nitrogens with zero attached hydrogens (tertiary/aromatic N) is 3. The average molecular weight is 431 g/mol. The number of anilines is 2. The van der Waals surface area contributed by atoms with Crippen LogP contribution in [-0.4, -0.2) is 21.7 Å². The fourth-order valence-electron chi connectivity index (χ4n) is 3.42. The van der Waals surface area contributed by atoms with Gasteiger partial charge in [0.15, 0.2) is 5.78 Å². The van der Waals surface area contributed by atoms with E-state index in [1.807, 2.05) is 12.1 Å². The standard InChI is InChI=1S/C24H19ClN4O2/c1-15-21(24(31)17-7-4-3-5-8-17)23(22-20(27-15)9-6-14-26-22)29(28-16(2)30)19-12-10-18(25)11-13-19/h3-14H,1-2H3,(H,28,30). The molecule has 4 aromatic rings. The maximum atomic E-state index is 13.6. The molecule has 0 fully saturated rings. The number of carbonyl (C=O) groups is 2. The fraction of sp³-hybridized carbons (Fsp3) is 0.0833. The number of ketones is 1. The van der Waals surface area contributed by atoms with E-state index in [-0.39, 0.29) is 11.7 Å². The van der Waals surface area contributed by atoms with Crippen LogP contribution in [0.25, 0.3) is 11.0 Å². The number of aryl methyl sites for hydroxylation is 1. The van der Waals surface area contributed by atoms with Gasteiger partial charge in [0.1, 0.15) is 11.2 Å². The molecule has 0 saturated heterocycles. The highest BCUT2D eigenvalue weighted by Gasteiger charge is 2.26. The molecule has 0 aliphatic carbocycles. The zero-order valence-electron chi connectivity index (χ0n) is 17.0. The Kier molecular flexibility index (Phi) is 5.64. The summed E-state index contributed by atoms with van der Waals surface area (Å²) in [5.74, 6) is -0.510. The Morgan fingerprint density at radius 2 is 1.68 bits per heavy atom. The molecular weight excluding hydrogens is 412 g/mol. The number of fused-ring (bicyclic) bond motifs is 1. The van der Waals surface area contributed by atoms with Gasteiger partial charge in [-0.1, -0.05) is 41.9 Å². The van der Waals surface area contributed by atoms with Gasteiger partial charge in [0.05, 0.1) is 22.5 Å². The average Bonchev–Trinajstić information content (AvgIpc) is 2.77. The zero-order valence-corrected chi connectivity index (χ0v) is 17.7. The van der Waals surface area contributed by atoms with Crippen LogP contribution < -0.4 is 10.4 Å². The Morgan fingerprint density at radius 1 is 0.968 bits per heavy atom. The Balaban J connectivity index is 2.04. The molecule has 0 spiro atoms. The Bertz CT molecular complexity index is 1270. The van der Waals surface area contributed by atoms with Crippen molar-refractivity contribution in [2.45, 2.75) is 13.8 Å². The van der Waals surface area contributed by atoms with Gasteiger partial charge in [-0.3, -0.25) is 30.0 Å². The van der Waals surface area contributed by atoms with Crippen LogP contribution in [0, 0.1) is 6.92 Å². The van der Waals surface area contributed by atoms with Gasteiger partial charge in [0.2, 0.25) is 5.91 Å². The van der Waals surface area contributed by atoms with Crippen LogP contribution in [0.3, 0.4) is 0 Å². The summed E-state index contributed by atoms with van der Waals surface area (Å²) in [5.41, 5.74) is 6.43. The molecule has 154 valence electrons. The summed E-state index contributed by atoms with van der Waals surface area (Å²) in [6.45, 7) is 3.19. The van der Waals surface area contributed by atoms with Crippen LogP contribution in [0.5, 0.6) is 0 Å². The van der Waals surface area contributed by atoms with Crippen molar-refractivity contribution in [1.82, 2.24) is 15.4 Å². The van der Waals surface area contributed by atoms with Gasteiger partial charge in [-0.2, -0.15) is 0 Å². The highest BCUT2D eigenvalue weighted by Crippen LogP contribution is 2.35. The molecule has 7 heteroatoms. The minimum atomic E-state index is -0.299. The van der Waals surface area contributed by atoms with Gasteiger partial charge in [-0.05, 0) is 43.3 Å². The Morgan fingerprint density at radius 3 is 2.35 bits per heavy atom. The van der Waals surface area contributed by atoms with E-state index in [9.17, 15) is 9.59 Å². The minimum absolute atomic E-state index is 0.211. The van der Waals surface area contributed by atoms with Gasteiger partial charge < -0.3 is 0 Å². The largest absolute Gasteiger partial charge is 0.288 e. The van der Waals surface area contributed by atoms with Crippen molar-refractivity contribution in [2.24, 2.45) is 0 Å². The van der Waals surface area contributed by atoms with Crippen LogP contribution in [0.15, 0.2) is 72.9 Å². The molecule has 0 unspecified atom stereocenters. The molecule has 1 amide bonds. The molecule has 1 N–H and O–H groups in total.